The summed E-state index contributed by atoms with van der Waals surface area (Å²) in [6.45, 7) is 5.01. The van der Waals surface area contributed by atoms with Crippen molar-refractivity contribution >= 4 is 66.7 Å². The van der Waals surface area contributed by atoms with Gasteiger partial charge < -0.3 is 9.80 Å². The quantitative estimate of drug-likeness (QED) is 0.398. The van der Waals surface area contributed by atoms with Crippen LogP contribution < -0.4 is 14.8 Å². The van der Waals surface area contributed by atoms with E-state index < -0.39 is 0 Å². The minimum absolute atomic E-state index is 0.162. The van der Waals surface area contributed by atoms with E-state index in [9.17, 15) is 4.79 Å². The molecule has 0 unspecified atom stereocenters. The van der Waals surface area contributed by atoms with Gasteiger partial charge in [-0.3, -0.25) is 4.79 Å². The van der Waals surface area contributed by atoms with Gasteiger partial charge in [-0.2, -0.15) is 10.1 Å². The van der Waals surface area contributed by atoms with Crippen molar-refractivity contribution in [2.45, 2.75) is 6.92 Å². The largest absolute Gasteiger partial charge is 0.359 e. The molecule has 150 valence electrons. The first-order chi connectivity index (χ1) is 14.1. The molecular formula is C19H19BrN6OS2. The minimum Gasteiger partial charge on any atom is -0.359 e. The van der Waals surface area contributed by atoms with Crippen molar-refractivity contribution in [1.82, 2.24) is 9.97 Å². The molecule has 10 heteroatoms. The summed E-state index contributed by atoms with van der Waals surface area (Å²) in [6, 6.07) is 7.95. The van der Waals surface area contributed by atoms with Crippen LogP contribution in [0.4, 0.5) is 16.0 Å². The summed E-state index contributed by atoms with van der Waals surface area (Å²) < 4.78 is 0.980. The number of thiophene rings is 1. The lowest BCUT2D eigenvalue weighted by molar-refractivity contribution is -0.116. The average molecular weight is 491 g/mol. The molecule has 0 aromatic carbocycles. The zero-order valence-electron chi connectivity index (χ0n) is 15.7. The van der Waals surface area contributed by atoms with E-state index in [1.54, 1.807) is 17.6 Å². The molecule has 29 heavy (non-hydrogen) atoms. The fraction of sp³-hybridized carbons (Fsp3) is 0.263. The lowest BCUT2D eigenvalue weighted by Gasteiger charge is -2.35. The number of carbonyl (C=O) groups is 1. The lowest BCUT2D eigenvalue weighted by atomic mass is 10.3. The molecule has 1 aliphatic heterocycles. The summed E-state index contributed by atoms with van der Waals surface area (Å²) in [5, 5.41) is 9.29. The molecule has 0 aliphatic carbocycles. The van der Waals surface area contributed by atoms with Crippen LogP contribution in [0.15, 0.2) is 51.6 Å². The maximum absolute atomic E-state index is 12.1. The maximum atomic E-state index is 12.1. The van der Waals surface area contributed by atoms with E-state index in [4.69, 9.17) is 0 Å². The standard InChI is InChI=1S/C19H19BrN6OS2/c1-14(27)26(23-12-16-3-2-10-28-16)19-22-13-18(29-19)25-8-6-24(7-9-25)17-5-4-15(20)11-21-17/h2-5,10-13H,6-9H2,1H3/b23-12+. The van der Waals surface area contributed by atoms with Crippen LogP contribution in [0.3, 0.4) is 0 Å². The van der Waals surface area contributed by atoms with Crippen molar-refractivity contribution in [1.29, 1.82) is 0 Å². The number of nitrogens with zero attached hydrogens (tertiary/aromatic N) is 6. The van der Waals surface area contributed by atoms with Crippen molar-refractivity contribution in [2.75, 3.05) is 41.0 Å². The van der Waals surface area contributed by atoms with E-state index >= 15 is 0 Å². The SMILES string of the molecule is CC(=O)N(/N=C/c1cccs1)c1ncc(N2CCN(c3ccc(Br)cn3)CC2)s1. The van der Waals surface area contributed by atoms with Gasteiger partial charge in [0.25, 0.3) is 0 Å². The number of amides is 1. The summed E-state index contributed by atoms with van der Waals surface area (Å²) in [4.78, 5) is 26.5. The average Bonchev–Trinajstić information content (AvgIpc) is 3.41. The fourth-order valence-electron chi connectivity index (χ4n) is 2.96. The first kappa shape index (κ1) is 20.0. The first-order valence-electron chi connectivity index (χ1n) is 9.05. The predicted octanol–water partition coefficient (Wildman–Crippen LogP) is 4.08. The second-order valence-corrected chi connectivity index (χ2v) is 9.26. The van der Waals surface area contributed by atoms with Gasteiger partial charge in [0.2, 0.25) is 11.0 Å². The van der Waals surface area contributed by atoms with Crippen molar-refractivity contribution in [3.8, 4) is 0 Å². The van der Waals surface area contributed by atoms with E-state index in [0.717, 1.165) is 46.3 Å². The minimum atomic E-state index is -0.162. The Labute approximate surface area is 185 Å². The molecule has 3 aromatic heterocycles. The number of halogens is 1. The smallest absolute Gasteiger partial charge is 0.246 e. The molecule has 0 N–H and O–H groups in total. The van der Waals surface area contributed by atoms with Gasteiger partial charge in [0, 0.05) is 48.6 Å². The topological polar surface area (TPSA) is 64.9 Å². The lowest BCUT2D eigenvalue weighted by Crippen LogP contribution is -2.46. The van der Waals surface area contributed by atoms with Crippen molar-refractivity contribution < 1.29 is 4.79 Å². The molecule has 0 atom stereocenters. The Balaban J connectivity index is 1.42. The highest BCUT2D eigenvalue weighted by Crippen LogP contribution is 2.31. The van der Waals surface area contributed by atoms with E-state index in [1.807, 2.05) is 42.0 Å². The van der Waals surface area contributed by atoms with Crippen LogP contribution in [-0.2, 0) is 4.79 Å². The van der Waals surface area contributed by atoms with E-state index in [2.05, 4.69) is 40.8 Å². The Kier molecular flexibility index (Phi) is 6.22. The Hall–Kier alpha value is -2.30. The Bertz CT molecular complexity index is 981. The summed E-state index contributed by atoms with van der Waals surface area (Å²) >= 11 is 6.48. The Morgan fingerprint density at radius 3 is 2.62 bits per heavy atom. The van der Waals surface area contributed by atoms with E-state index in [0.29, 0.717) is 5.13 Å². The summed E-state index contributed by atoms with van der Waals surface area (Å²) in [5.41, 5.74) is 0. The molecular weight excluding hydrogens is 472 g/mol. The van der Waals surface area contributed by atoms with Gasteiger partial charge in [-0.1, -0.05) is 17.4 Å². The third-order valence-corrected chi connectivity index (χ3v) is 6.74. The van der Waals surface area contributed by atoms with Gasteiger partial charge in [0.05, 0.1) is 12.4 Å². The van der Waals surface area contributed by atoms with Gasteiger partial charge in [0.15, 0.2) is 0 Å². The Morgan fingerprint density at radius 2 is 1.97 bits per heavy atom. The highest BCUT2D eigenvalue weighted by atomic mass is 79.9. The predicted molar refractivity (Wildman–Crippen MR) is 124 cm³/mol. The number of anilines is 3. The molecule has 7 nitrogen and oxygen atoms in total. The molecule has 0 radical (unpaired) electrons. The van der Waals surface area contributed by atoms with Crippen LogP contribution in [-0.4, -0.2) is 48.3 Å². The number of carbonyl (C=O) groups excluding carboxylic acids is 1. The summed E-state index contributed by atoms with van der Waals surface area (Å²) in [7, 11) is 0. The number of aromatic nitrogens is 2. The zero-order chi connectivity index (χ0) is 20.2. The van der Waals surface area contributed by atoms with Crippen LogP contribution in [0.1, 0.15) is 11.8 Å². The normalized spacial score (nSPS) is 14.6. The first-order valence-corrected chi connectivity index (χ1v) is 11.5. The summed E-state index contributed by atoms with van der Waals surface area (Å²) in [6.07, 6.45) is 5.34. The highest BCUT2D eigenvalue weighted by molar-refractivity contribution is 9.10. The molecule has 1 amide bonds. The van der Waals surface area contributed by atoms with Gasteiger partial charge in [-0.05, 0) is 39.5 Å². The number of hydrogen-bond donors (Lipinski definition) is 0. The molecule has 0 spiro atoms. The third kappa shape index (κ3) is 4.82. The molecule has 4 rings (SSSR count). The van der Waals surface area contributed by atoms with Gasteiger partial charge >= 0.3 is 0 Å². The molecule has 1 saturated heterocycles. The monoisotopic (exact) mass is 490 g/mol. The third-order valence-electron chi connectivity index (χ3n) is 4.43. The van der Waals surface area contributed by atoms with Crippen molar-refractivity contribution in [3.05, 3.63) is 51.4 Å². The highest BCUT2D eigenvalue weighted by Gasteiger charge is 2.22. The number of hydrazone groups is 1. The van der Waals surface area contributed by atoms with Crippen molar-refractivity contribution in [3.63, 3.8) is 0 Å². The van der Waals surface area contributed by atoms with Gasteiger partial charge in [-0.25, -0.2) is 9.97 Å². The molecule has 3 aromatic rings. The van der Waals surface area contributed by atoms with E-state index in [-0.39, 0.29) is 5.91 Å². The van der Waals surface area contributed by atoms with Crippen molar-refractivity contribution in [2.24, 2.45) is 5.10 Å². The number of thiazole rings is 1. The van der Waals surface area contributed by atoms with Gasteiger partial charge in [0.1, 0.15) is 10.8 Å². The van der Waals surface area contributed by atoms with Crippen LogP contribution in [0.2, 0.25) is 0 Å². The zero-order valence-corrected chi connectivity index (χ0v) is 19.0. The van der Waals surface area contributed by atoms with Crippen LogP contribution in [0, 0.1) is 0 Å². The maximum Gasteiger partial charge on any atom is 0.246 e. The molecule has 1 aliphatic rings. The fourth-order valence-corrected chi connectivity index (χ4v) is 4.74. The second-order valence-electron chi connectivity index (χ2n) is 6.38. The number of hydrogen-bond acceptors (Lipinski definition) is 8. The molecule has 1 fully saturated rings. The van der Waals surface area contributed by atoms with E-state index in [1.165, 1.54) is 23.3 Å². The second kappa shape index (κ2) is 9.02. The Morgan fingerprint density at radius 1 is 1.17 bits per heavy atom. The molecule has 0 bridgehead atoms. The number of rotatable bonds is 5. The summed E-state index contributed by atoms with van der Waals surface area (Å²) in [5.74, 6) is 0.827. The molecule has 4 heterocycles. The van der Waals surface area contributed by atoms with Crippen LogP contribution in [0.25, 0.3) is 0 Å². The van der Waals surface area contributed by atoms with Gasteiger partial charge in [-0.15, -0.1) is 11.3 Å². The number of pyridine rings is 1. The number of piperazine rings is 1. The van der Waals surface area contributed by atoms with Crippen LogP contribution >= 0.6 is 38.6 Å². The molecule has 0 saturated carbocycles. The van der Waals surface area contributed by atoms with Crippen LogP contribution in [0.5, 0.6) is 0 Å².